The van der Waals surface area contributed by atoms with E-state index < -0.39 is 5.97 Å². The Bertz CT molecular complexity index is 460. The van der Waals surface area contributed by atoms with Crippen LogP contribution in [0, 0.1) is 5.92 Å². The molecule has 1 aromatic rings. The van der Waals surface area contributed by atoms with Crippen molar-refractivity contribution in [2.24, 2.45) is 5.92 Å². The molecular formula is C15H23N3O2. The van der Waals surface area contributed by atoms with Crippen molar-refractivity contribution in [3.63, 3.8) is 0 Å². The molecule has 0 amide bonds. The monoisotopic (exact) mass is 277 g/mol. The van der Waals surface area contributed by atoms with Gasteiger partial charge in [-0.3, -0.25) is 4.79 Å². The fourth-order valence-corrected chi connectivity index (χ4v) is 3.28. The summed E-state index contributed by atoms with van der Waals surface area (Å²) in [5.74, 6) is 0.832. The van der Waals surface area contributed by atoms with Crippen molar-refractivity contribution in [2.75, 3.05) is 0 Å². The second-order valence-electron chi connectivity index (χ2n) is 6.08. The lowest BCUT2D eigenvalue weighted by atomic mass is 9.77. The topological polar surface area (TPSA) is 67.2 Å². The van der Waals surface area contributed by atoms with E-state index in [1.54, 1.807) is 0 Å². The van der Waals surface area contributed by atoms with E-state index in [4.69, 9.17) is 10.1 Å². The lowest BCUT2D eigenvalue weighted by Gasteiger charge is -2.36. The van der Waals surface area contributed by atoms with Gasteiger partial charge < -0.3 is 15.0 Å². The average molecular weight is 277 g/mol. The van der Waals surface area contributed by atoms with Gasteiger partial charge in [-0.25, -0.2) is 4.98 Å². The zero-order chi connectivity index (χ0) is 13.9. The number of fused-ring (bicyclic) bond motifs is 1. The molecule has 2 atom stereocenters. The van der Waals surface area contributed by atoms with Crippen LogP contribution in [0.3, 0.4) is 0 Å². The molecule has 0 aromatic carbocycles. The van der Waals surface area contributed by atoms with Crippen LogP contribution in [0.2, 0.25) is 0 Å². The highest BCUT2D eigenvalue weighted by molar-refractivity contribution is 5.67. The number of aryl methyl sites for hydroxylation is 2. The number of imidazole rings is 1. The summed E-state index contributed by atoms with van der Waals surface area (Å²) in [6, 6.07) is 0.354. The Morgan fingerprint density at radius 2 is 2.30 bits per heavy atom. The Balaban J connectivity index is 1.52. The van der Waals surface area contributed by atoms with Gasteiger partial charge in [-0.1, -0.05) is 6.42 Å². The minimum absolute atomic E-state index is 0.289. The molecule has 0 radical (unpaired) electrons. The largest absolute Gasteiger partial charge is 0.481 e. The van der Waals surface area contributed by atoms with Crippen molar-refractivity contribution in [2.45, 2.75) is 64.1 Å². The van der Waals surface area contributed by atoms with Crippen LogP contribution in [-0.2, 0) is 24.3 Å². The van der Waals surface area contributed by atoms with Crippen LogP contribution in [0.5, 0.6) is 0 Å². The fourth-order valence-electron chi connectivity index (χ4n) is 3.28. The van der Waals surface area contributed by atoms with Gasteiger partial charge in [-0.2, -0.15) is 0 Å². The Morgan fingerprint density at radius 3 is 3.05 bits per heavy atom. The predicted molar refractivity (Wildman–Crippen MR) is 75.4 cm³/mol. The average Bonchev–Trinajstić information content (AvgIpc) is 2.65. The van der Waals surface area contributed by atoms with Gasteiger partial charge in [-0.05, 0) is 31.6 Å². The molecule has 1 aliphatic carbocycles. The standard InChI is InChI=1S/C15H23N3O2/c19-15(20)8-11-5-6-13(11)16-9-12-10-18-7-3-1-2-4-14(18)17-12/h10-11,13,16H,1-9H2,(H,19,20). The fraction of sp³-hybridized carbons (Fsp3) is 0.733. The molecule has 0 saturated heterocycles. The van der Waals surface area contributed by atoms with Crippen molar-refractivity contribution in [3.8, 4) is 0 Å². The van der Waals surface area contributed by atoms with E-state index in [1.807, 2.05) is 0 Å². The quantitative estimate of drug-likeness (QED) is 0.863. The molecule has 2 heterocycles. The summed E-state index contributed by atoms with van der Waals surface area (Å²) in [6.45, 7) is 1.86. The first-order valence-electron chi connectivity index (χ1n) is 7.72. The summed E-state index contributed by atoms with van der Waals surface area (Å²) >= 11 is 0. The van der Waals surface area contributed by atoms with Crippen molar-refractivity contribution in [3.05, 3.63) is 17.7 Å². The molecule has 1 aromatic heterocycles. The first-order valence-corrected chi connectivity index (χ1v) is 7.72. The van der Waals surface area contributed by atoms with Crippen LogP contribution in [0.15, 0.2) is 6.20 Å². The second kappa shape index (κ2) is 5.95. The molecule has 0 bridgehead atoms. The summed E-state index contributed by atoms with van der Waals surface area (Å²) in [4.78, 5) is 15.5. The summed E-state index contributed by atoms with van der Waals surface area (Å²) in [5, 5.41) is 12.3. The highest BCUT2D eigenvalue weighted by Gasteiger charge is 2.32. The van der Waals surface area contributed by atoms with E-state index in [2.05, 4.69) is 16.1 Å². The Morgan fingerprint density at radius 1 is 1.40 bits per heavy atom. The molecule has 0 spiro atoms. The Labute approximate surface area is 119 Å². The molecule has 2 aliphatic rings. The van der Waals surface area contributed by atoms with E-state index in [-0.39, 0.29) is 6.42 Å². The van der Waals surface area contributed by atoms with Gasteiger partial charge in [0, 0.05) is 38.2 Å². The third kappa shape index (κ3) is 3.03. The van der Waals surface area contributed by atoms with Gasteiger partial charge in [0.2, 0.25) is 0 Å². The molecular weight excluding hydrogens is 254 g/mol. The van der Waals surface area contributed by atoms with E-state index in [0.29, 0.717) is 12.0 Å². The van der Waals surface area contributed by atoms with E-state index in [1.165, 1.54) is 25.1 Å². The highest BCUT2D eigenvalue weighted by atomic mass is 16.4. The molecule has 5 heteroatoms. The molecule has 1 saturated carbocycles. The zero-order valence-electron chi connectivity index (χ0n) is 11.8. The van der Waals surface area contributed by atoms with E-state index in [9.17, 15) is 4.79 Å². The van der Waals surface area contributed by atoms with Crippen molar-refractivity contribution >= 4 is 5.97 Å². The van der Waals surface area contributed by atoms with Crippen molar-refractivity contribution in [1.29, 1.82) is 0 Å². The Kier molecular flexibility index (Phi) is 4.05. The molecule has 2 unspecified atom stereocenters. The lowest BCUT2D eigenvalue weighted by molar-refractivity contribution is -0.139. The number of carbonyl (C=O) groups is 1. The number of rotatable bonds is 5. The molecule has 5 nitrogen and oxygen atoms in total. The third-order valence-electron chi connectivity index (χ3n) is 4.61. The minimum atomic E-state index is -0.685. The van der Waals surface area contributed by atoms with Gasteiger partial charge in [0.25, 0.3) is 0 Å². The molecule has 1 fully saturated rings. The number of nitrogens with one attached hydrogen (secondary N) is 1. The minimum Gasteiger partial charge on any atom is -0.481 e. The van der Waals surface area contributed by atoms with Gasteiger partial charge in [0.15, 0.2) is 0 Å². The van der Waals surface area contributed by atoms with Crippen LogP contribution >= 0.6 is 0 Å². The number of hydrogen-bond acceptors (Lipinski definition) is 3. The van der Waals surface area contributed by atoms with Crippen molar-refractivity contribution in [1.82, 2.24) is 14.9 Å². The maximum absolute atomic E-state index is 10.7. The second-order valence-corrected chi connectivity index (χ2v) is 6.08. The summed E-state index contributed by atoms with van der Waals surface area (Å²) in [7, 11) is 0. The van der Waals surface area contributed by atoms with E-state index >= 15 is 0 Å². The van der Waals surface area contributed by atoms with Gasteiger partial charge >= 0.3 is 5.97 Å². The first-order chi connectivity index (χ1) is 9.72. The number of carboxylic acid groups (broad SMARTS) is 1. The highest BCUT2D eigenvalue weighted by Crippen LogP contribution is 2.30. The van der Waals surface area contributed by atoms with E-state index in [0.717, 1.165) is 38.0 Å². The van der Waals surface area contributed by atoms with Crippen LogP contribution in [0.4, 0.5) is 0 Å². The lowest BCUT2D eigenvalue weighted by Crippen LogP contribution is -2.44. The van der Waals surface area contributed by atoms with Gasteiger partial charge in [0.05, 0.1) is 5.69 Å². The number of aromatic nitrogens is 2. The normalized spacial score (nSPS) is 25.6. The third-order valence-corrected chi connectivity index (χ3v) is 4.61. The molecule has 3 rings (SSSR count). The zero-order valence-corrected chi connectivity index (χ0v) is 11.8. The Hall–Kier alpha value is -1.36. The smallest absolute Gasteiger partial charge is 0.303 e. The molecule has 110 valence electrons. The maximum atomic E-state index is 10.7. The first kappa shape index (κ1) is 13.6. The SMILES string of the molecule is O=C(O)CC1CCC1NCc1cn2c(n1)CCCCC2. The number of aliphatic carboxylic acids is 1. The predicted octanol–water partition coefficient (Wildman–Crippen LogP) is 1.95. The van der Waals surface area contributed by atoms with Crippen LogP contribution in [-0.4, -0.2) is 26.7 Å². The molecule has 20 heavy (non-hydrogen) atoms. The number of carboxylic acids is 1. The summed E-state index contributed by atoms with van der Waals surface area (Å²) < 4.78 is 2.29. The van der Waals surface area contributed by atoms with Gasteiger partial charge in [0.1, 0.15) is 5.82 Å². The summed E-state index contributed by atoms with van der Waals surface area (Å²) in [5.41, 5.74) is 1.10. The van der Waals surface area contributed by atoms with Crippen LogP contribution in [0.1, 0.15) is 50.0 Å². The van der Waals surface area contributed by atoms with Gasteiger partial charge in [-0.15, -0.1) is 0 Å². The van der Waals surface area contributed by atoms with Crippen LogP contribution < -0.4 is 5.32 Å². The number of nitrogens with zero attached hydrogens (tertiary/aromatic N) is 2. The summed E-state index contributed by atoms with van der Waals surface area (Å²) in [6.07, 6.45) is 9.46. The van der Waals surface area contributed by atoms with Crippen LogP contribution in [0.25, 0.3) is 0 Å². The molecule has 2 N–H and O–H groups in total. The van der Waals surface area contributed by atoms with Crippen molar-refractivity contribution < 1.29 is 9.90 Å². The molecule has 1 aliphatic heterocycles. The maximum Gasteiger partial charge on any atom is 0.303 e. The number of hydrogen-bond donors (Lipinski definition) is 2.